The van der Waals surface area contributed by atoms with Crippen LogP contribution in [0.25, 0.3) is 0 Å². The molecule has 0 saturated carbocycles. The zero-order chi connectivity index (χ0) is 14.0. The van der Waals surface area contributed by atoms with Gasteiger partial charge in [-0.25, -0.2) is 4.98 Å². The van der Waals surface area contributed by atoms with Crippen LogP contribution in [0.4, 0.5) is 0 Å². The van der Waals surface area contributed by atoms with Crippen LogP contribution in [-0.4, -0.2) is 4.98 Å². The monoisotopic (exact) mass is 315 g/mol. The summed E-state index contributed by atoms with van der Waals surface area (Å²) in [4.78, 5) is 3.99. The van der Waals surface area contributed by atoms with E-state index in [1.54, 1.807) is 12.3 Å². The Balaban J connectivity index is 2.19. The Morgan fingerprint density at radius 3 is 2.26 bits per heavy atom. The largest absolute Gasteiger partial charge is 0.488 e. The number of ether oxygens (including phenoxy) is 1. The van der Waals surface area contributed by atoms with E-state index >= 15 is 0 Å². The van der Waals surface area contributed by atoms with Gasteiger partial charge in [-0.05, 0) is 43.2 Å². The van der Waals surface area contributed by atoms with Crippen LogP contribution in [0, 0.1) is 13.8 Å². The second-order valence-corrected chi connectivity index (χ2v) is 5.49. The summed E-state index contributed by atoms with van der Waals surface area (Å²) in [6.45, 7) is 4.25. The summed E-state index contributed by atoms with van der Waals surface area (Å²) in [5.74, 6) is 0.815. The van der Waals surface area contributed by atoms with E-state index in [0.717, 1.165) is 22.4 Å². The highest BCUT2D eigenvalue weighted by molar-refractivity contribution is 6.34. The molecule has 0 aliphatic heterocycles. The van der Waals surface area contributed by atoms with Crippen molar-refractivity contribution in [1.82, 2.24) is 4.98 Å². The molecule has 1 aromatic carbocycles. The van der Waals surface area contributed by atoms with E-state index in [2.05, 4.69) is 4.98 Å². The Morgan fingerprint density at radius 1 is 1.05 bits per heavy atom. The molecule has 0 fully saturated rings. The van der Waals surface area contributed by atoms with Crippen molar-refractivity contribution in [2.45, 2.75) is 20.5 Å². The third kappa shape index (κ3) is 3.53. The van der Waals surface area contributed by atoms with Gasteiger partial charge in [-0.1, -0.05) is 34.8 Å². The van der Waals surface area contributed by atoms with Gasteiger partial charge < -0.3 is 4.74 Å². The lowest BCUT2D eigenvalue weighted by Gasteiger charge is -2.13. The molecule has 0 saturated heterocycles. The first-order valence-corrected chi connectivity index (χ1v) is 6.80. The lowest BCUT2D eigenvalue weighted by Crippen LogP contribution is -2.00. The van der Waals surface area contributed by atoms with E-state index < -0.39 is 0 Å². The molecule has 1 heterocycles. The number of nitrogens with zero attached hydrogens (tertiary/aromatic N) is 1. The average molecular weight is 317 g/mol. The zero-order valence-corrected chi connectivity index (χ0v) is 12.8. The molecule has 2 nitrogen and oxygen atoms in total. The van der Waals surface area contributed by atoms with Gasteiger partial charge in [0.15, 0.2) is 0 Å². The molecule has 5 heteroatoms. The van der Waals surface area contributed by atoms with Crippen LogP contribution in [0.2, 0.25) is 15.2 Å². The van der Waals surface area contributed by atoms with E-state index in [4.69, 9.17) is 39.5 Å². The van der Waals surface area contributed by atoms with Gasteiger partial charge in [0.05, 0.1) is 5.02 Å². The van der Waals surface area contributed by atoms with E-state index in [9.17, 15) is 0 Å². The molecule has 0 radical (unpaired) electrons. The van der Waals surface area contributed by atoms with Gasteiger partial charge in [0, 0.05) is 16.8 Å². The smallest absolute Gasteiger partial charge is 0.130 e. The first-order valence-electron chi connectivity index (χ1n) is 5.67. The minimum atomic E-state index is 0.340. The normalized spacial score (nSPS) is 10.6. The Kier molecular flexibility index (Phi) is 4.56. The molecule has 0 unspecified atom stereocenters. The third-order valence-electron chi connectivity index (χ3n) is 2.69. The van der Waals surface area contributed by atoms with Crippen LogP contribution in [0.3, 0.4) is 0 Å². The van der Waals surface area contributed by atoms with Crippen molar-refractivity contribution < 1.29 is 4.74 Å². The van der Waals surface area contributed by atoms with Gasteiger partial charge >= 0.3 is 0 Å². The summed E-state index contributed by atoms with van der Waals surface area (Å²) in [5, 5.41) is 1.62. The van der Waals surface area contributed by atoms with Gasteiger partial charge in [-0.15, -0.1) is 0 Å². The van der Waals surface area contributed by atoms with Gasteiger partial charge in [0.1, 0.15) is 17.5 Å². The lowest BCUT2D eigenvalue weighted by molar-refractivity contribution is 0.301. The number of halogens is 3. The molecule has 100 valence electrons. The maximum absolute atomic E-state index is 6.07. The van der Waals surface area contributed by atoms with Gasteiger partial charge in [-0.2, -0.15) is 0 Å². The van der Waals surface area contributed by atoms with Crippen LogP contribution in [0.5, 0.6) is 5.75 Å². The topological polar surface area (TPSA) is 22.1 Å². The summed E-state index contributed by atoms with van der Waals surface area (Å²) in [6.07, 6.45) is 1.62. The van der Waals surface area contributed by atoms with Crippen molar-refractivity contribution in [3.05, 3.63) is 56.3 Å². The van der Waals surface area contributed by atoms with E-state index in [1.807, 2.05) is 26.0 Å². The number of aromatic nitrogens is 1. The highest BCUT2D eigenvalue weighted by Crippen LogP contribution is 2.28. The number of benzene rings is 1. The van der Waals surface area contributed by atoms with Crippen molar-refractivity contribution >= 4 is 34.8 Å². The Bertz CT molecular complexity index is 591. The lowest BCUT2D eigenvalue weighted by atomic mass is 10.1. The second-order valence-electron chi connectivity index (χ2n) is 4.26. The number of aryl methyl sites for hydroxylation is 2. The maximum Gasteiger partial charge on any atom is 0.130 e. The summed E-state index contributed by atoms with van der Waals surface area (Å²) < 4.78 is 5.80. The summed E-state index contributed by atoms with van der Waals surface area (Å²) in [6, 6.07) is 5.33. The van der Waals surface area contributed by atoms with Crippen molar-refractivity contribution in [2.24, 2.45) is 0 Å². The molecule has 0 aliphatic carbocycles. The fourth-order valence-corrected chi connectivity index (χ4v) is 2.56. The number of rotatable bonds is 3. The Morgan fingerprint density at radius 2 is 1.68 bits per heavy atom. The molecule has 19 heavy (non-hydrogen) atoms. The summed E-state index contributed by atoms with van der Waals surface area (Å²) >= 11 is 17.8. The molecule has 0 bridgehead atoms. The second kappa shape index (κ2) is 6.00. The molecular formula is C14H12Cl3NO. The average Bonchev–Trinajstić information content (AvgIpc) is 2.30. The summed E-state index contributed by atoms with van der Waals surface area (Å²) in [5.41, 5.74) is 2.77. The number of hydrogen-bond donors (Lipinski definition) is 0. The van der Waals surface area contributed by atoms with Crippen molar-refractivity contribution in [3.63, 3.8) is 0 Å². The Labute approximate surface area is 127 Å². The Hall–Kier alpha value is -0.960. The molecule has 2 rings (SSSR count). The van der Waals surface area contributed by atoms with Gasteiger partial charge in [-0.3, -0.25) is 0 Å². The van der Waals surface area contributed by atoms with Crippen molar-refractivity contribution in [1.29, 1.82) is 0 Å². The molecule has 0 spiro atoms. The predicted octanol–water partition coefficient (Wildman–Crippen LogP) is 5.24. The number of pyridine rings is 1. The zero-order valence-electron chi connectivity index (χ0n) is 10.5. The minimum Gasteiger partial charge on any atom is -0.488 e. The first-order chi connectivity index (χ1) is 8.97. The predicted molar refractivity (Wildman–Crippen MR) is 79.5 cm³/mol. The van der Waals surface area contributed by atoms with Crippen LogP contribution < -0.4 is 4.74 Å². The SMILES string of the molecule is Cc1cc(Cl)cc(C)c1OCc1cnc(Cl)cc1Cl. The third-order valence-corrected chi connectivity index (χ3v) is 3.47. The van der Waals surface area contributed by atoms with Crippen molar-refractivity contribution in [3.8, 4) is 5.75 Å². The quantitative estimate of drug-likeness (QED) is 0.723. The molecule has 2 aromatic rings. The maximum atomic E-state index is 6.07. The number of hydrogen-bond acceptors (Lipinski definition) is 2. The molecule has 1 aromatic heterocycles. The summed E-state index contributed by atoms with van der Waals surface area (Å²) in [7, 11) is 0. The molecule has 0 amide bonds. The van der Waals surface area contributed by atoms with Crippen LogP contribution in [0.15, 0.2) is 24.4 Å². The van der Waals surface area contributed by atoms with E-state index in [1.165, 1.54) is 0 Å². The molecule has 0 atom stereocenters. The minimum absolute atomic E-state index is 0.340. The van der Waals surface area contributed by atoms with Crippen LogP contribution >= 0.6 is 34.8 Å². The standard InChI is InChI=1S/C14H12Cl3NO/c1-8-3-11(15)4-9(2)14(8)19-7-10-6-18-13(17)5-12(10)16/h3-6H,7H2,1-2H3. The highest BCUT2D eigenvalue weighted by atomic mass is 35.5. The van der Waals surface area contributed by atoms with E-state index in [-0.39, 0.29) is 0 Å². The van der Waals surface area contributed by atoms with E-state index in [0.29, 0.717) is 21.8 Å². The van der Waals surface area contributed by atoms with Crippen molar-refractivity contribution in [2.75, 3.05) is 0 Å². The fourth-order valence-electron chi connectivity index (χ4n) is 1.82. The molecular weight excluding hydrogens is 305 g/mol. The van der Waals surface area contributed by atoms with Crippen LogP contribution in [0.1, 0.15) is 16.7 Å². The van der Waals surface area contributed by atoms with Gasteiger partial charge in [0.2, 0.25) is 0 Å². The highest BCUT2D eigenvalue weighted by Gasteiger charge is 2.08. The molecule has 0 aliphatic rings. The molecule has 0 N–H and O–H groups in total. The first kappa shape index (κ1) is 14.4. The van der Waals surface area contributed by atoms with Gasteiger partial charge in [0.25, 0.3) is 0 Å². The van der Waals surface area contributed by atoms with Crippen LogP contribution in [-0.2, 0) is 6.61 Å². The fraction of sp³-hybridized carbons (Fsp3) is 0.214.